The van der Waals surface area contributed by atoms with Crippen LogP contribution in [0.4, 0.5) is 5.69 Å². The molecule has 0 saturated heterocycles. The summed E-state index contributed by atoms with van der Waals surface area (Å²) < 4.78 is 4.89. The van der Waals surface area contributed by atoms with Gasteiger partial charge in [0.05, 0.1) is 5.69 Å². The van der Waals surface area contributed by atoms with Crippen LogP contribution in [0.5, 0.6) is 0 Å². The third-order valence-corrected chi connectivity index (χ3v) is 2.74. The highest BCUT2D eigenvalue weighted by atomic mass is 16.5. The Morgan fingerprint density at radius 1 is 1.40 bits per heavy atom. The van der Waals surface area contributed by atoms with Gasteiger partial charge in [-0.15, -0.1) is 0 Å². The van der Waals surface area contributed by atoms with Gasteiger partial charge in [0.1, 0.15) is 0 Å². The molecule has 7 nitrogen and oxygen atoms in total. The van der Waals surface area contributed by atoms with Gasteiger partial charge < -0.3 is 20.8 Å². The van der Waals surface area contributed by atoms with Crippen molar-refractivity contribution in [2.75, 3.05) is 5.32 Å². The number of aryl methyl sites for hydroxylation is 2. The molecule has 104 valence electrons. The van der Waals surface area contributed by atoms with Gasteiger partial charge in [-0.2, -0.15) is 0 Å². The average Bonchev–Trinajstić information content (AvgIpc) is 2.87. The Bertz CT molecular complexity index is 676. The minimum Gasteiger partial charge on any atom is -0.409 e. The first kappa shape index (κ1) is 13.6. The highest BCUT2D eigenvalue weighted by Crippen LogP contribution is 2.18. The molecular weight excluding hydrogens is 260 g/mol. The molecule has 7 heteroatoms. The van der Waals surface area contributed by atoms with Gasteiger partial charge in [-0.1, -0.05) is 22.4 Å². The molecule has 0 aliphatic rings. The number of hydrogen-bond donors (Lipinski definition) is 3. The van der Waals surface area contributed by atoms with Crippen LogP contribution in [0.2, 0.25) is 0 Å². The van der Waals surface area contributed by atoms with Crippen LogP contribution in [0.3, 0.4) is 0 Å². The van der Waals surface area contributed by atoms with Crippen molar-refractivity contribution in [2.45, 2.75) is 13.8 Å². The van der Waals surface area contributed by atoms with Crippen molar-refractivity contribution < 1.29 is 14.5 Å². The zero-order valence-electron chi connectivity index (χ0n) is 11.0. The standard InChI is InChI=1S/C13H14N4O3/c1-7-3-4-9(12(14)16-19)6-10(7)15-13(18)11-5-8(2)17-20-11/h3-6,19H,1-2H3,(H2,14,16)(H,15,18). The second-order valence-electron chi connectivity index (χ2n) is 4.30. The van der Waals surface area contributed by atoms with E-state index >= 15 is 0 Å². The van der Waals surface area contributed by atoms with E-state index in [4.69, 9.17) is 15.5 Å². The molecule has 0 fully saturated rings. The van der Waals surface area contributed by atoms with Crippen molar-refractivity contribution in [3.8, 4) is 0 Å². The van der Waals surface area contributed by atoms with E-state index in [9.17, 15) is 4.79 Å². The maximum atomic E-state index is 12.0. The minimum absolute atomic E-state index is 0.0315. The summed E-state index contributed by atoms with van der Waals surface area (Å²) >= 11 is 0. The Hall–Kier alpha value is -2.83. The third-order valence-electron chi connectivity index (χ3n) is 2.74. The highest BCUT2D eigenvalue weighted by Gasteiger charge is 2.13. The minimum atomic E-state index is -0.412. The van der Waals surface area contributed by atoms with Crippen LogP contribution >= 0.6 is 0 Å². The van der Waals surface area contributed by atoms with Crippen LogP contribution < -0.4 is 11.1 Å². The molecule has 1 aromatic carbocycles. The van der Waals surface area contributed by atoms with E-state index in [1.807, 2.05) is 6.92 Å². The fraction of sp³-hybridized carbons (Fsp3) is 0.154. The molecule has 0 spiro atoms. The van der Waals surface area contributed by atoms with Gasteiger partial charge in [0.15, 0.2) is 5.84 Å². The molecule has 0 unspecified atom stereocenters. The number of rotatable bonds is 3. The number of amides is 1. The molecule has 4 N–H and O–H groups in total. The molecule has 0 radical (unpaired) electrons. The lowest BCUT2D eigenvalue weighted by molar-refractivity contribution is 0.0988. The molecule has 20 heavy (non-hydrogen) atoms. The fourth-order valence-electron chi connectivity index (χ4n) is 1.63. The van der Waals surface area contributed by atoms with Gasteiger partial charge in [-0.05, 0) is 25.5 Å². The van der Waals surface area contributed by atoms with E-state index in [1.165, 1.54) is 6.07 Å². The van der Waals surface area contributed by atoms with Crippen molar-refractivity contribution in [1.82, 2.24) is 5.16 Å². The maximum absolute atomic E-state index is 12.0. The monoisotopic (exact) mass is 274 g/mol. The van der Waals surface area contributed by atoms with E-state index in [1.54, 1.807) is 25.1 Å². The first-order valence-corrected chi connectivity index (χ1v) is 5.84. The number of nitrogens with zero attached hydrogens (tertiary/aromatic N) is 2. The molecule has 1 heterocycles. The Labute approximate surface area is 115 Å². The molecule has 0 aliphatic carbocycles. The number of carbonyl (C=O) groups is 1. The molecule has 1 amide bonds. The van der Waals surface area contributed by atoms with Crippen molar-refractivity contribution in [3.63, 3.8) is 0 Å². The van der Waals surface area contributed by atoms with Crippen molar-refractivity contribution in [3.05, 3.63) is 46.8 Å². The predicted molar refractivity (Wildman–Crippen MR) is 72.9 cm³/mol. The molecule has 0 bridgehead atoms. The van der Waals surface area contributed by atoms with Crippen LogP contribution in [0, 0.1) is 13.8 Å². The van der Waals surface area contributed by atoms with E-state index < -0.39 is 5.91 Å². The average molecular weight is 274 g/mol. The topological polar surface area (TPSA) is 114 Å². The third kappa shape index (κ3) is 2.77. The Morgan fingerprint density at radius 3 is 2.75 bits per heavy atom. The van der Waals surface area contributed by atoms with E-state index in [0.29, 0.717) is 16.9 Å². The van der Waals surface area contributed by atoms with Crippen LogP contribution in [-0.4, -0.2) is 22.1 Å². The summed E-state index contributed by atoms with van der Waals surface area (Å²) in [5.41, 5.74) is 8.03. The lowest BCUT2D eigenvalue weighted by atomic mass is 10.1. The van der Waals surface area contributed by atoms with Crippen molar-refractivity contribution >= 4 is 17.4 Å². The lowest BCUT2D eigenvalue weighted by Gasteiger charge is -2.08. The van der Waals surface area contributed by atoms with Gasteiger partial charge in [0, 0.05) is 17.3 Å². The smallest absolute Gasteiger partial charge is 0.294 e. The van der Waals surface area contributed by atoms with Crippen molar-refractivity contribution in [1.29, 1.82) is 0 Å². The first-order chi connectivity index (χ1) is 9.51. The zero-order valence-corrected chi connectivity index (χ0v) is 11.0. The molecule has 0 saturated carbocycles. The van der Waals surface area contributed by atoms with Crippen LogP contribution in [0.15, 0.2) is 33.9 Å². The summed E-state index contributed by atoms with van der Waals surface area (Å²) in [4.78, 5) is 12.0. The first-order valence-electron chi connectivity index (χ1n) is 5.84. The van der Waals surface area contributed by atoms with Gasteiger partial charge >= 0.3 is 0 Å². The predicted octanol–water partition coefficient (Wildman–Crippen LogP) is 1.64. The molecule has 0 aliphatic heterocycles. The number of hydrogen-bond acceptors (Lipinski definition) is 5. The quantitative estimate of drug-likeness (QED) is 0.341. The summed E-state index contributed by atoms with van der Waals surface area (Å²) in [5.74, 6) is -0.322. The number of nitrogens with one attached hydrogen (secondary N) is 1. The second-order valence-corrected chi connectivity index (χ2v) is 4.30. The second kappa shape index (κ2) is 5.43. The van der Waals surface area contributed by atoms with Crippen molar-refractivity contribution in [2.24, 2.45) is 10.9 Å². The number of amidine groups is 1. The Balaban J connectivity index is 2.26. The van der Waals surface area contributed by atoms with Crippen LogP contribution in [0.25, 0.3) is 0 Å². The zero-order chi connectivity index (χ0) is 14.7. The molecule has 0 atom stereocenters. The Morgan fingerprint density at radius 2 is 2.15 bits per heavy atom. The van der Waals surface area contributed by atoms with Gasteiger partial charge in [0.2, 0.25) is 5.76 Å². The summed E-state index contributed by atoms with van der Waals surface area (Å²) in [6.07, 6.45) is 0. The largest absolute Gasteiger partial charge is 0.409 e. The van der Waals surface area contributed by atoms with Crippen LogP contribution in [0.1, 0.15) is 27.4 Å². The molecule has 2 rings (SSSR count). The number of benzene rings is 1. The normalized spacial score (nSPS) is 11.4. The lowest BCUT2D eigenvalue weighted by Crippen LogP contribution is -2.16. The van der Waals surface area contributed by atoms with E-state index in [0.717, 1.165) is 5.56 Å². The fourth-order valence-corrected chi connectivity index (χ4v) is 1.63. The summed E-state index contributed by atoms with van der Waals surface area (Å²) in [5, 5.41) is 17.9. The van der Waals surface area contributed by atoms with E-state index in [2.05, 4.69) is 15.6 Å². The molecule has 1 aromatic heterocycles. The summed E-state index contributed by atoms with van der Waals surface area (Å²) in [6.45, 7) is 3.56. The number of carbonyl (C=O) groups excluding carboxylic acids is 1. The van der Waals surface area contributed by atoms with Crippen LogP contribution in [-0.2, 0) is 0 Å². The van der Waals surface area contributed by atoms with Gasteiger partial charge in [0.25, 0.3) is 5.91 Å². The highest BCUT2D eigenvalue weighted by molar-refractivity contribution is 6.04. The number of nitrogens with two attached hydrogens (primary N) is 1. The van der Waals surface area contributed by atoms with E-state index in [-0.39, 0.29) is 11.6 Å². The summed E-state index contributed by atoms with van der Waals surface area (Å²) in [6, 6.07) is 6.61. The maximum Gasteiger partial charge on any atom is 0.294 e. The molecule has 2 aromatic rings. The SMILES string of the molecule is Cc1cc(C(=O)Nc2cc(C(N)=NO)ccc2C)on1. The number of aromatic nitrogens is 1. The Kier molecular flexibility index (Phi) is 3.69. The number of oxime groups is 1. The number of anilines is 1. The molecular formula is C13H14N4O3. The van der Waals surface area contributed by atoms with Gasteiger partial charge in [-0.25, -0.2) is 0 Å². The van der Waals surface area contributed by atoms with Gasteiger partial charge in [-0.3, -0.25) is 4.79 Å². The summed E-state index contributed by atoms with van der Waals surface area (Å²) in [7, 11) is 0.